The molecular formula is C12H21N3O. The smallest absolute Gasteiger partial charge is 0.314 e. The highest BCUT2D eigenvalue weighted by atomic mass is 16.1. The summed E-state index contributed by atoms with van der Waals surface area (Å²) in [6, 6.07) is 2.37. The van der Waals surface area contributed by atoms with E-state index >= 15 is 0 Å². The van der Waals surface area contributed by atoms with E-state index in [2.05, 4.69) is 24.1 Å². The van der Waals surface area contributed by atoms with Gasteiger partial charge >= 0.3 is 5.69 Å². The van der Waals surface area contributed by atoms with Crippen LogP contribution in [-0.2, 0) is 6.54 Å². The lowest BCUT2D eigenvalue weighted by Gasteiger charge is -2.14. The van der Waals surface area contributed by atoms with E-state index in [9.17, 15) is 4.79 Å². The van der Waals surface area contributed by atoms with Gasteiger partial charge in [0.2, 0.25) is 0 Å². The highest BCUT2D eigenvalue weighted by molar-refractivity contribution is 5.06. The molecule has 90 valence electrons. The lowest BCUT2D eigenvalue weighted by Crippen LogP contribution is -2.31. The zero-order chi connectivity index (χ0) is 12.1. The molecule has 4 nitrogen and oxygen atoms in total. The van der Waals surface area contributed by atoms with Gasteiger partial charge in [0.15, 0.2) is 0 Å². The molecule has 1 unspecified atom stereocenters. The maximum absolute atomic E-state index is 11.7. The fraction of sp³-hybridized carbons (Fsp3) is 0.667. The zero-order valence-electron chi connectivity index (χ0n) is 10.6. The fourth-order valence-corrected chi connectivity index (χ4v) is 1.82. The summed E-state index contributed by atoms with van der Waals surface area (Å²) in [6.07, 6.45) is 0.944. The van der Waals surface area contributed by atoms with E-state index in [0.29, 0.717) is 6.04 Å². The van der Waals surface area contributed by atoms with Crippen molar-refractivity contribution in [2.45, 2.75) is 46.7 Å². The second-order valence-electron chi connectivity index (χ2n) is 4.22. The molecule has 0 spiro atoms. The van der Waals surface area contributed by atoms with Gasteiger partial charge in [-0.2, -0.15) is 4.98 Å². The molecule has 0 fully saturated rings. The summed E-state index contributed by atoms with van der Waals surface area (Å²) < 4.78 is 1.74. The normalized spacial score (nSPS) is 12.8. The van der Waals surface area contributed by atoms with Gasteiger partial charge in [0.05, 0.1) is 0 Å². The molecule has 0 aliphatic heterocycles. The molecule has 4 heteroatoms. The minimum Gasteiger partial charge on any atom is -0.314 e. The fourth-order valence-electron chi connectivity index (χ4n) is 1.82. The van der Waals surface area contributed by atoms with E-state index < -0.39 is 0 Å². The van der Waals surface area contributed by atoms with Crippen LogP contribution < -0.4 is 11.0 Å². The Bertz CT molecular complexity index is 398. The molecule has 0 saturated carbocycles. The van der Waals surface area contributed by atoms with E-state index in [1.807, 2.05) is 19.9 Å². The van der Waals surface area contributed by atoms with Crippen LogP contribution in [0.2, 0.25) is 0 Å². The van der Waals surface area contributed by atoms with Crippen LogP contribution in [0.3, 0.4) is 0 Å². The lowest BCUT2D eigenvalue weighted by atomic mass is 10.2. The van der Waals surface area contributed by atoms with Crippen LogP contribution in [0.5, 0.6) is 0 Å². The highest BCUT2D eigenvalue weighted by Gasteiger charge is 2.05. The van der Waals surface area contributed by atoms with Gasteiger partial charge in [-0.1, -0.05) is 6.92 Å². The topological polar surface area (TPSA) is 46.9 Å². The van der Waals surface area contributed by atoms with Crippen molar-refractivity contribution in [2.24, 2.45) is 0 Å². The van der Waals surface area contributed by atoms with Crippen LogP contribution in [0.25, 0.3) is 0 Å². The van der Waals surface area contributed by atoms with Gasteiger partial charge in [0.25, 0.3) is 0 Å². The van der Waals surface area contributed by atoms with Crippen LogP contribution in [0, 0.1) is 13.8 Å². The number of aryl methyl sites for hydroxylation is 2. The minimum atomic E-state index is -0.138. The van der Waals surface area contributed by atoms with Crippen LogP contribution in [0.1, 0.15) is 31.7 Å². The predicted octanol–water partition coefficient (Wildman–Crippen LogP) is 1.25. The number of rotatable bonds is 5. The molecule has 0 radical (unpaired) electrons. The minimum absolute atomic E-state index is 0.138. The van der Waals surface area contributed by atoms with E-state index in [4.69, 9.17) is 0 Å². The number of nitrogens with one attached hydrogen (secondary N) is 1. The van der Waals surface area contributed by atoms with Gasteiger partial charge in [-0.05, 0) is 39.8 Å². The summed E-state index contributed by atoms with van der Waals surface area (Å²) in [5.74, 6) is 0. The van der Waals surface area contributed by atoms with E-state index in [1.54, 1.807) is 4.57 Å². The molecule has 1 atom stereocenters. The van der Waals surface area contributed by atoms with Gasteiger partial charge in [-0.15, -0.1) is 0 Å². The molecule has 0 bridgehead atoms. The quantitative estimate of drug-likeness (QED) is 0.817. The molecule has 0 saturated heterocycles. The van der Waals surface area contributed by atoms with Crippen molar-refractivity contribution in [3.8, 4) is 0 Å². The number of aromatic nitrogens is 2. The van der Waals surface area contributed by atoms with Crippen LogP contribution in [-0.4, -0.2) is 22.1 Å². The molecular weight excluding hydrogens is 202 g/mol. The Balaban J connectivity index is 2.71. The molecule has 1 aromatic rings. The monoisotopic (exact) mass is 223 g/mol. The first-order valence-electron chi connectivity index (χ1n) is 5.83. The maximum atomic E-state index is 11.7. The predicted molar refractivity (Wildman–Crippen MR) is 65.7 cm³/mol. The summed E-state index contributed by atoms with van der Waals surface area (Å²) in [5, 5.41) is 3.33. The Labute approximate surface area is 96.7 Å². The first-order chi connectivity index (χ1) is 7.54. The zero-order valence-corrected chi connectivity index (χ0v) is 10.6. The summed E-state index contributed by atoms with van der Waals surface area (Å²) in [7, 11) is 0. The van der Waals surface area contributed by atoms with Crippen molar-refractivity contribution >= 4 is 0 Å². The third-order valence-corrected chi connectivity index (χ3v) is 2.68. The molecule has 0 aromatic carbocycles. The van der Waals surface area contributed by atoms with E-state index in [-0.39, 0.29) is 5.69 Å². The Hall–Kier alpha value is -1.16. The number of hydrogen-bond acceptors (Lipinski definition) is 3. The molecule has 0 aliphatic carbocycles. The summed E-state index contributed by atoms with van der Waals surface area (Å²) in [5.41, 5.74) is 1.64. The summed E-state index contributed by atoms with van der Waals surface area (Å²) in [6.45, 7) is 9.70. The summed E-state index contributed by atoms with van der Waals surface area (Å²) >= 11 is 0. The molecule has 1 aromatic heterocycles. The standard InChI is InChI=1S/C12H21N3O/c1-5-13-9(2)6-7-15-11(4)8-10(3)14-12(15)16/h8-9,13H,5-7H2,1-4H3. The van der Waals surface area contributed by atoms with Crippen LogP contribution in [0.4, 0.5) is 0 Å². The Morgan fingerprint density at radius 1 is 1.50 bits per heavy atom. The van der Waals surface area contributed by atoms with Crippen LogP contribution in [0.15, 0.2) is 10.9 Å². The molecule has 16 heavy (non-hydrogen) atoms. The average molecular weight is 223 g/mol. The van der Waals surface area contributed by atoms with Crippen molar-refractivity contribution in [3.05, 3.63) is 27.9 Å². The highest BCUT2D eigenvalue weighted by Crippen LogP contribution is 2.00. The Kier molecular flexibility index (Phi) is 4.68. The van der Waals surface area contributed by atoms with E-state index in [0.717, 1.165) is 30.9 Å². The number of nitrogens with zero attached hydrogens (tertiary/aromatic N) is 2. The van der Waals surface area contributed by atoms with Crippen LogP contribution >= 0.6 is 0 Å². The third-order valence-electron chi connectivity index (χ3n) is 2.68. The van der Waals surface area contributed by atoms with Crippen molar-refractivity contribution in [1.82, 2.24) is 14.9 Å². The van der Waals surface area contributed by atoms with Crippen molar-refractivity contribution < 1.29 is 0 Å². The second kappa shape index (κ2) is 5.80. The summed E-state index contributed by atoms with van der Waals surface area (Å²) in [4.78, 5) is 15.6. The third kappa shape index (κ3) is 3.45. The van der Waals surface area contributed by atoms with Gasteiger partial charge in [0.1, 0.15) is 0 Å². The largest absolute Gasteiger partial charge is 0.347 e. The molecule has 1 N–H and O–H groups in total. The van der Waals surface area contributed by atoms with Crippen molar-refractivity contribution in [1.29, 1.82) is 0 Å². The van der Waals surface area contributed by atoms with Gasteiger partial charge in [-0.3, -0.25) is 4.57 Å². The second-order valence-corrected chi connectivity index (χ2v) is 4.22. The Morgan fingerprint density at radius 2 is 2.19 bits per heavy atom. The molecule has 1 heterocycles. The SMILES string of the molecule is CCNC(C)CCn1c(C)cc(C)nc1=O. The molecule has 1 rings (SSSR count). The average Bonchev–Trinajstić information content (AvgIpc) is 2.16. The Morgan fingerprint density at radius 3 is 2.75 bits per heavy atom. The van der Waals surface area contributed by atoms with Gasteiger partial charge in [-0.25, -0.2) is 4.79 Å². The van der Waals surface area contributed by atoms with Crippen molar-refractivity contribution in [3.63, 3.8) is 0 Å². The number of hydrogen-bond donors (Lipinski definition) is 1. The van der Waals surface area contributed by atoms with Crippen molar-refractivity contribution in [2.75, 3.05) is 6.54 Å². The van der Waals surface area contributed by atoms with Gasteiger partial charge in [0, 0.05) is 24.0 Å². The first-order valence-corrected chi connectivity index (χ1v) is 5.83. The van der Waals surface area contributed by atoms with E-state index in [1.165, 1.54) is 0 Å². The lowest BCUT2D eigenvalue weighted by molar-refractivity contribution is 0.473. The maximum Gasteiger partial charge on any atom is 0.347 e. The first kappa shape index (κ1) is 12.9. The van der Waals surface area contributed by atoms with Gasteiger partial charge < -0.3 is 5.32 Å². The molecule has 0 aliphatic rings. The molecule has 0 amide bonds.